The average molecular weight is 267 g/mol. The fourth-order valence-electron chi connectivity index (χ4n) is 3.53. The fourth-order valence-corrected chi connectivity index (χ4v) is 3.53. The molecule has 1 N–H and O–H groups in total. The van der Waals surface area contributed by atoms with E-state index in [1.165, 1.54) is 12.8 Å². The van der Waals surface area contributed by atoms with Crippen molar-refractivity contribution in [3.63, 3.8) is 0 Å². The van der Waals surface area contributed by atoms with Crippen molar-refractivity contribution < 1.29 is 14.7 Å². The lowest BCUT2D eigenvalue weighted by molar-refractivity contribution is -0.146. The van der Waals surface area contributed by atoms with Gasteiger partial charge in [0, 0.05) is 19.5 Å². The SMILES string of the molecule is CC1CCCC(CC(=O)N2CCCC(C(=O)O)C2)C1. The molecule has 2 aliphatic rings. The van der Waals surface area contributed by atoms with E-state index in [4.69, 9.17) is 5.11 Å². The first-order valence-corrected chi connectivity index (χ1v) is 7.57. The van der Waals surface area contributed by atoms with Crippen LogP contribution in [0.15, 0.2) is 0 Å². The highest BCUT2D eigenvalue weighted by atomic mass is 16.4. The molecule has 3 atom stereocenters. The molecule has 3 unspecified atom stereocenters. The summed E-state index contributed by atoms with van der Waals surface area (Å²) in [6.45, 7) is 3.42. The van der Waals surface area contributed by atoms with E-state index in [1.807, 2.05) is 0 Å². The van der Waals surface area contributed by atoms with E-state index < -0.39 is 5.97 Å². The number of carbonyl (C=O) groups excluding carboxylic acids is 1. The molecule has 19 heavy (non-hydrogen) atoms. The second-order valence-corrected chi connectivity index (χ2v) is 6.36. The van der Waals surface area contributed by atoms with Crippen LogP contribution in [0.3, 0.4) is 0 Å². The minimum Gasteiger partial charge on any atom is -0.481 e. The van der Waals surface area contributed by atoms with Gasteiger partial charge in [0.05, 0.1) is 5.92 Å². The monoisotopic (exact) mass is 267 g/mol. The zero-order chi connectivity index (χ0) is 13.8. The Kier molecular flexibility index (Phi) is 4.83. The molecule has 0 aromatic rings. The summed E-state index contributed by atoms with van der Waals surface area (Å²) in [6.07, 6.45) is 6.99. The average Bonchev–Trinajstić information content (AvgIpc) is 2.39. The highest BCUT2D eigenvalue weighted by molar-refractivity contribution is 5.78. The Balaban J connectivity index is 1.83. The minimum absolute atomic E-state index is 0.171. The van der Waals surface area contributed by atoms with Crippen molar-refractivity contribution in [2.24, 2.45) is 17.8 Å². The summed E-state index contributed by atoms with van der Waals surface area (Å²) < 4.78 is 0. The third kappa shape index (κ3) is 3.95. The number of carbonyl (C=O) groups is 2. The van der Waals surface area contributed by atoms with Crippen molar-refractivity contribution in [2.45, 2.75) is 51.9 Å². The first kappa shape index (κ1) is 14.4. The lowest BCUT2D eigenvalue weighted by atomic mass is 9.80. The molecule has 0 aromatic carbocycles. The molecule has 0 radical (unpaired) electrons. The second kappa shape index (κ2) is 6.40. The smallest absolute Gasteiger partial charge is 0.308 e. The minimum atomic E-state index is -0.760. The van der Waals surface area contributed by atoms with Crippen molar-refractivity contribution in [2.75, 3.05) is 13.1 Å². The Labute approximate surface area is 115 Å². The maximum absolute atomic E-state index is 12.3. The summed E-state index contributed by atoms with van der Waals surface area (Å²) in [6, 6.07) is 0. The third-order valence-corrected chi connectivity index (χ3v) is 4.63. The molecular weight excluding hydrogens is 242 g/mol. The number of amides is 1. The Morgan fingerprint density at radius 1 is 1.21 bits per heavy atom. The van der Waals surface area contributed by atoms with Crippen LogP contribution in [0.4, 0.5) is 0 Å². The van der Waals surface area contributed by atoms with Crippen molar-refractivity contribution in [3.8, 4) is 0 Å². The number of aliphatic carboxylic acids is 1. The normalized spacial score (nSPS) is 32.1. The molecule has 1 saturated heterocycles. The van der Waals surface area contributed by atoms with E-state index in [-0.39, 0.29) is 11.8 Å². The van der Waals surface area contributed by atoms with Gasteiger partial charge in [-0.3, -0.25) is 9.59 Å². The van der Waals surface area contributed by atoms with Crippen LogP contribution in [-0.2, 0) is 9.59 Å². The summed E-state index contributed by atoms with van der Waals surface area (Å²) in [4.78, 5) is 25.1. The Hall–Kier alpha value is -1.06. The molecule has 1 saturated carbocycles. The van der Waals surface area contributed by atoms with Gasteiger partial charge in [-0.1, -0.05) is 19.8 Å². The van der Waals surface area contributed by atoms with Crippen LogP contribution in [0.5, 0.6) is 0 Å². The number of carboxylic acids is 1. The van der Waals surface area contributed by atoms with E-state index >= 15 is 0 Å². The first-order valence-electron chi connectivity index (χ1n) is 7.57. The molecule has 2 rings (SSSR count). The van der Waals surface area contributed by atoms with Gasteiger partial charge in [-0.2, -0.15) is 0 Å². The molecule has 2 fully saturated rings. The number of hydrogen-bond acceptors (Lipinski definition) is 2. The molecule has 1 heterocycles. The molecule has 0 aromatic heterocycles. The van der Waals surface area contributed by atoms with E-state index in [0.29, 0.717) is 25.3 Å². The van der Waals surface area contributed by atoms with Gasteiger partial charge in [0.25, 0.3) is 0 Å². The number of piperidine rings is 1. The van der Waals surface area contributed by atoms with Gasteiger partial charge >= 0.3 is 5.97 Å². The van der Waals surface area contributed by atoms with Gasteiger partial charge in [-0.25, -0.2) is 0 Å². The zero-order valence-corrected chi connectivity index (χ0v) is 11.8. The summed E-state index contributed by atoms with van der Waals surface area (Å²) >= 11 is 0. The summed E-state index contributed by atoms with van der Waals surface area (Å²) in [5.74, 6) is 0.304. The molecule has 0 spiro atoms. The van der Waals surface area contributed by atoms with Gasteiger partial charge in [-0.15, -0.1) is 0 Å². The largest absolute Gasteiger partial charge is 0.481 e. The third-order valence-electron chi connectivity index (χ3n) is 4.63. The lowest BCUT2D eigenvalue weighted by Crippen LogP contribution is -2.43. The number of nitrogens with zero attached hydrogens (tertiary/aromatic N) is 1. The number of hydrogen-bond donors (Lipinski definition) is 1. The molecule has 0 bridgehead atoms. The molecule has 108 valence electrons. The number of likely N-dealkylation sites (tertiary alicyclic amines) is 1. The van der Waals surface area contributed by atoms with E-state index in [2.05, 4.69) is 6.92 Å². The van der Waals surface area contributed by atoms with Crippen LogP contribution in [0, 0.1) is 17.8 Å². The highest BCUT2D eigenvalue weighted by Crippen LogP contribution is 2.31. The van der Waals surface area contributed by atoms with Crippen molar-refractivity contribution in [1.82, 2.24) is 4.90 Å². The maximum atomic E-state index is 12.3. The van der Waals surface area contributed by atoms with E-state index in [0.717, 1.165) is 31.7 Å². The summed E-state index contributed by atoms with van der Waals surface area (Å²) in [7, 11) is 0. The lowest BCUT2D eigenvalue weighted by Gasteiger charge is -2.33. The van der Waals surface area contributed by atoms with Crippen LogP contribution < -0.4 is 0 Å². The van der Waals surface area contributed by atoms with E-state index in [1.54, 1.807) is 4.90 Å². The van der Waals surface area contributed by atoms with Crippen molar-refractivity contribution >= 4 is 11.9 Å². The van der Waals surface area contributed by atoms with Crippen LogP contribution in [0.1, 0.15) is 51.9 Å². The Morgan fingerprint density at radius 2 is 2.00 bits per heavy atom. The van der Waals surface area contributed by atoms with Gasteiger partial charge in [0.2, 0.25) is 5.91 Å². The second-order valence-electron chi connectivity index (χ2n) is 6.36. The van der Waals surface area contributed by atoms with Crippen molar-refractivity contribution in [1.29, 1.82) is 0 Å². The number of rotatable bonds is 3. The van der Waals surface area contributed by atoms with Gasteiger partial charge in [0.15, 0.2) is 0 Å². The summed E-state index contributed by atoms with van der Waals surface area (Å²) in [5, 5.41) is 9.06. The van der Waals surface area contributed by atoms with Crippen LogP contribution in [0.2, 0.25) is 0 Å². The van der Waals surface area contributed by atoms with Crippen LogP contribution in [-0.4, -0.2) is 35.0 Å². The molecular formula is C15H25NO3. The molecule has 1 aliphatic heterocycles. The van der Waals surface area contributed by atoms with Gasteiger partial charge in [0.1, 0.15) is 0 Å². The fraction of sp³-hybridized carbons (Fsp3) is 0.867. The van der Waals surface area contributed by atoms with Gasteiger partial charge < -0.3 is 10.0 Å². The predicted octanol–water partition coefficient (Wildman–Crippen LogP) is 2.53. The molecule has 1 aliphatic carbocycles. The molecule has 1 amide bonds. The maximum Gasteiger partial charge on any atom is 0.308 e. The Bertz CT molecular complexity index is 342. The Morgan fingerprint density at radius 3 is 2.68 bits per heavy atom. The van der Waals surface area contributed by atoms with E-state index in [9.17, 15) is 9.59 Å². The van der Waals surface area contributed by atoms with Crippen LogP contribution >= 0.6 is 0 Å². The zero-order valence-electron chi connectivity index (χ0n) is 11.8. The molecule has 4 heteroatoms. The van der Waals surface area contributed by atoms with Crippen molar-refractivity contribution in [3.05, 3.63) is 0 Å². The highest BCUT2D eigenvalue weighted by Gasteiger charge is 2.30. The van der Waals surface area contributed by atoms with Gasteiger partial charge in [-0.05, 0) is 37.5 Å². The molecule has 4 nitrogen and oxygen atoms in total. The quantitative estimate of drug-likeness (QED) is 0.855. The first-order chi connectivity index (χ1) is 9.06. The summed E-state index contributed by atoms with van der Waals surface area (Å²) in [5.41, 5.74) is 0. The number of carboxylic acid groups (broad SMARTS) is 1. The topological polar surface area (TPSA) is 57.6 Å². The van der Waals surface area contributed by atoms with Crippen LogP contribution in [0.25, 0.3) is 0 Å². The predicted molar refractivity (Wildman–Crippen MR) is 72.7 cm³/mol. The standard InChI is InChI=1S/C15H25NO3/c1-11-4-2-5-12(8-11)9-14(17)16-7-3-6-13(10-16)15(18)19/h11-13H,2-10H2,1H3,(H,18,19).